The van der Waals surface area contributed by atoms with Crippen LogP contribution in [-0.2, 0) is 12.8 Å². The molecule has 0 atom stereocenters. The van der Waals surface area contributed by atoms with Crippen molar-refractivity contribution in [2.75, 3.05) is 18.5 Å². The maximum Gasteiger partial charge on any atom is 0.129 e. The molecule has 17 heavy (non-hydrogen) atoms. The Balaban J connectivity index is 2.01. The highest BCUT2D eigenvalue weighted by atomic mass is 16.2. The van der Waals surface area contributed by atoms with Gasteiger partial charge in [-0.15, -0.1) is 0 Å². The molecule has 94 valence electrons. The zero-order chi connectivity index (χ0) is 12.1. The van der Waals surface area contributed by atoms with Gasteiger partial charge in [0.05, 0.1) is 0 Å². The van der Waals surface area contributed by atoms with Gasteiger partial charge in [-0.2, -0.15) is 0 Å². The van der Waals surface area contributed by atoms with Crippen molar-refractivity contribution < 1.29 is 5.11 Å². The summed E-state index contributed by atoms with van der Waals surface area (Å²) in [7, 11) is 0. The fraction of sp³-hybridized carbons (Fsp3) is 0.643. The van der Waals surface area contributed by atoms with Crippen LogP contribution in [0.4, 0.5) is 5.82 Å². The molecule has 1 aliphatic heterocycles. The van der Waals surface area contributed by atoms with Gasteiger partial charge in [0, 0.05) is 18.8 Å². The molecular formula is C14H22N2O. The molecule has 2 heterocycles. The van der Waals surface area contributed by atoms with Gasteiger partial charge in [-0.1, -0.05) is 12.5 Å². The number of pyridine rings is 1. The molecule has 0 bridgehead atoms. The Morgan fingerprint density at radius 2 is 2.24 bits per heavy atom. The number of hydrogen-bond acceptors (Lipinski definition) is 3. The Morgan fingerprint density at radius 3 is 3.06 bits per heavy atom. The molecule has 3 heteroatoms. The van der Waals surface area contributed by atoms with E-state index in [-0.39, 0.29) is 0 Å². The summed E-state index contributed by atoms with van der Waals surface area (Å²) in [6.07, 6.45) is 6.50. The van der Waals surface area contributed by atoms with E-state index < -0.39 is 0 Å². The number of hydrogen-bond donors (Lipinski definition) is 2. The smallest absolute Gasteiger partial charge is 0.129 e. The van der Waals surface area contributed by atoms with Gasteiger partial charge in [0.2, 0.25) is 0 Å². The second kappa shape index (κ2) is 6.01. The van der Waals surface area contributed by atoms with E-state index in [0.717, 1.165) is 44.5 Å². The molecule has 0 saturated carbocycles. The molecule has 0 radical (unpaired) electrons. The topological polar surface area (TPSA) is 45.2 Å². The fourth-order valence-corrected chi connectivity index (χ4v) is 2.37. The molecule has 2 N–H and O–H groups in total. The van der Waals surface area contributed by atoms with Gasteiger partial charge in [0.25, 0.3) is 0 Å². The highest BCUT2D eigenvalue weighted by Gasteiger charge is 2.12. The molecule has 0 saturated heterocycles. The molecule has 0 unspecified atom stereocenters. The van der Waals surface area contributed by atoms with E-state index in [4.69, 9.17) is 10.1 Å². The lowest BCUT2D eigenvalue weighted by atomic mass is 10.0. The quantitative estimate of drug-likeness (QED) is 0.769. The van der Waals surface area contributed by atoms with Crippen molar-refractivity contribution in [3.63, 3.8) is 0 Å². The molecule has 0 amide bonds. The predicted molar refractivity (Wildman–Crippen MR) is 70.4 cm³/mol. The number of fused-ring (bicyclic) bond motifs is 1. The van der Waals surface area contributed by atoms with Crippen LogP contribution in [0.15, 0.2) is 6.07 Å². The molecular weight excluding hydrogens is 212 g/mol. The first-order valence-corrected chi connectivity index (χ1v) is 6.65. The minimum Gasteiger partial charge on any atom is -0.396 e. The maximum atomic E-state index is 8.75. The number of aryl methyl sites for hydroxylation is 3. The highest BCUT2D eigenvalue weighted by molar-refractivity contribution is 5.49. The van der Waals surface area contributed by atoms with Gasteiger partial charge in [-0.25, -0.2) is 4.98 Å². The van der Waals surface area contributed by atoms with Crippen molar-refractivity contribution in [2.45, 2.75) is 45.4 Å². The predicted octanol–water partition coefficient (Wildman–Crippen LogP) is 2.45. The number of aromatic nitrogens is 1. The third-order valence-corrected chi connectivity index (χ3v) is 3.38. The van der Waals surface area contributed by atoms with Crippen LogP contribution in [0.2, 0.25) is 0 Å². The Labute approximate surface area is 103 Å². The molecule has 0 fully saturated rings. The van der Waals surface area contributed by atoms with Crippen LogP contribution in [-0.4, -0.2) is 23.2 Å². The monoisotopic (exact) mass is 234 g/mol. The lowest BCUT2D eigenvalue weighted by Gasteiger charge is -2.19. The average Bonchev–Trinajstić information content (AvgIpc) is 2.35. The number of unbranched alkanes of at least 4 members (excludes halogenated alkanes) is 2. The van der Waals surface area contributed by atoms with Crippen molar-refractivity contribution in [3.05, 3.63) is 22.9 Å². The van der Waals surface area contributed by atoms with E-state index in [2.05, 4.69) is 18.3 Å². The third-order valence-electron chi connectivity index (χ3n) is 3.38. The van der Waals surface area contributed by atoms with E-state index in [9.17, 15) is 0 Å². The first-order valence-electron chi connectivity index (χ1n) is 6.65. The number of anilines is 1. The van der Waals surface area contributed by atoms with Crippen LogP contribution in [0.1, 0.15) is 42.5 Å². The Bertz CT molecular complexity index is 377. The Kier molecular flexibility index (Phi) is 4.37. The molecule has 1 aromatic heterocycles. The first kappa shape index (κ1) is 12.4. The minimum atomic E-state index is 0.304. The van der Waals surface area contributed by atoms with Crippen molar-refractivity contribution in [1.82, 2.24) is 4.98 Å². The fourth-order valence-electron chi connectivity index (χ4n) is 2.37. The summed E-state index contributed by atoms with van der Waals surface area (Å²) in [6, 6.07) is 2.29. The number of aliphatic hydroxyl groups excluding tert-OH is 1. The third kappa shape index (κ3) is 3.19. The second-order valence-electron chi connectivity index (χ2n) is 4.82. The number of nitrogens with zero attached hydrogens (tertiary/aromatic N) is 1. The van der Waals surface area contributed by atoms with E-state index in [1.54, 1.807) is 0 Å². The van der Waals surface area contributed by atoms with Gasteiger partial charge >= 0.3 is 0 Å². The van der Waals surface area contributed by atoms with Crippen LogP contribution in [0.3, 0.4) is 0 Å². The average molecular weight is 234 g/mol. The lowest BCUT2D eigenvalue weighted by Crippen LogP contribution is -2.15. The summed E-state index contributed by atoms with van der Waals surface area (Å²) in [6.45, 7) is 3.51. The minimum absolute atomic E-state index is 0.304. The zero-order valence-electron chi connectivity index (χ0n) is 10.6. The Hall–Kier alpha value is -1.09. The van der Waals surface area contributed by atoms with Crippen molar-refractivity contribution in [3.8, 4) is 0 Å². The summed E-state index contributed by atoms with van der Waals surface area (Å²) in [5.41, 5.74) is 3.90. The summed E-state index contributed by atoms with van der Waals surface area (Å²) < 4.78 is 0. The standard InChI is InChI=1S/C14H22N2O/c1-11-10-12-6-5-8-15-14(12)16-13(11)7-3-2-4-9-17/h10,17H,2-9H2,1H3,(H,15,16). The molecule has 0 aromatic carbocycles. The van der Waals surface area contributed by atoms with Crippen molar-refractivity contribution in [2.24, 2.45) is 0 Å². The normalized spacial score (nSPS) is 14.2. The van der Waals surface area contributed by atoms with Crippen molar-refractivity contribution in [1.29, 1.82) is 0 Å². The van der Waals surface area contributed by atoms with E-state index in [0.29, 0.717) is 6.61 Å². The van der Waals surface area contributed by atoms with Crippen LogP contribution in [0.5, 0.6) is 0 Å². The van der Waals surface area contributed by atoms with Gasteiger partial charge in [-0.05, 0) is 50.2 Å². The first-order chi connectivity index (χ1) is 8.31. The largest absolute Gasteiger partial charge is 0.396 e. The van der Waals surface area contributed by atoms with Crippen LogP contribution >= 0.6 is 0 Å². The summed E-state index contributed by atoms with van der Waals surface area (Å²) >= 11 is 0. The zero-order valence-corrected chi connectivity index (χ0v) is 10.6. The van der Waals surface area contributed by atoms with Gasteiger partial charge in [0.15, 0.2) is 0 Å². The second-order valence-corrected chi connectivity index (χ2v) is 4.82. The summed E-state index contributed by atoms with van der Waals surface area (Å²) in [5, 5.41) is 12.1. The number of aliphatic hydroxyl groups is 1. The number of rotatable bonds is 5. The molecule has 3 nitrogen and oxygen atoms in total. The molecule has 2 rings (SSSR count). The van der Waals surface area contributed by atoms with Gasteiger partial charge < -0.3 is 10.4 Å². The lowest BCUT2D eigenvalue weighted by molar-refractivity contribution is 0.283. The van der Waals surface area contributed by atoms with Crippen LogP contribution in [0.25, 0.3) is 0 Å². The van der Waals surface area contributed by atoms with Gasteiger partial charge in [-0.3, -0.25) is 0 Å². The maximum absolute atomic E-state index is 8.75. The van der Waals surface area contributed by atoms with Crippen molar-refractivity contribution >= 4 is 5.82 Å². The SMILES string of the molecule is Cc1cc2c(nc1CCCCCO)NCCC2. The van der Waals surface area contributed by atoms with E-state index in [1.165, 1.54) is 23.2 Å². The summed E-state index contributed by atoms with van der Waals surface area (Å²) in [5.74, 6) is 1.10. The van der Waals surface area contributed by atoms with E-state index in [1.807, 2.05) is 0 Å². The highest BCUT2D eigenvalue weighted by Crippen LogP contribution is 2.23. The molecule has 0 spiro atoms. The van der Waals surface area contributed by atoms with E-state index >= 15 is 0 Å². The summed E-state index contributed by atoms with van der Waals surface area (Å²) in [4.78, 5) is 4.74. The Morgan fingerprint density at radius 1 is 1.35 bits per heavy atom. The number of nitrogens with one attached hydrogen (secondary N) is 1. The van der Waals surface area contributed by atoms with Crippen LogP contribution in [0, 0.1) is 6.92 Å². The molecule has 1 aliphatic rings. The van der Waals surface area contributed by atoms with Gasteiger partial charge in [0.1, 0.15) is 5.82 Å². The van der Waals surface area contributed by atoms with Crippen LogP contribution < -0.4 is 5.32 Å². The molecule has 1 aromatic rings. The molecule has 0 aliphatic carbocycles.